The molecule has 1 unspecified atom stereocenters. The Morgan fingerprint density at radius 3 is 2.58 bits per heavy atom. The molecule has 7 heteroatoms. The van der Waals surface area contributed by atoms with Crippen LogP contribution in [-0.2, 0) is 0 Å². The molecule has 1 N–H and O–H groups in total. The Hall–Kier alpha value is -0.750. The van der Waals surface area contributed by atoms with Crippen LogP contribution in [0.5, 0.6) is 0 Å². The van der Waals surface area contributed by atoms with E-state index in [0.717, 1.165) is 6.07 Å². The van der Waals surface area contributed by atoms with Crippen molar-refractivity contribution in [3.8, 4) is 0 Å². The Labute approximate surface area is 126 Å². The van der Waals surface area contributed by atoms with Crippen molar-refractivity contribution in [1.29, 1.82) is 0 Å². The SMILES string of the molecule is OC(c1ncc(Cl)cc1Cl)c1c(F)ccc(Br)c1F. The minimum Gasteiger partial charge on any atom is -0.382 e. The van der Waals surface area contributed by atoms with Crippen LogP contribution >= 0.6 is 39.1 Å². The van der Waals surface area contributed by atoms with Crippen LogP contribution in [-0.4, -0.2) is 10.1 Å². The summed E-state index contributed by atoms with van der Waals surface area (Å²) in [4.78, 5) is 3.80. The fourth-order valence-electron chi connectivity index (χ4n) is 1.56. The van der Waals surface area contributed by atoms with E-state index in [9.17, 15) is 13.9 Å². The molecule has 0 fully saturated rings. The molecule has 1 heterocycles. The van der Waals surface area contributed by atoms with Gasteiger partial charge in [0.1, 0.15) is 17.7 Å². The second-order valence-corrected chi connectivity index (χ2v) is 5.38. The van der Waals surface area contributed by atoms with Gasteiger partial charge >= 0.3 is 0 Å². The van der Waals surface area contributed by atoms with Gasteiger partial charge in [-0.15, -0.1) is 0 Å². The Morgan fingerprint density at radius 1 is 1.26 bits per heavy atom. The number of pyridine rings is 1. The maximum atomic E-state index is 13.9. The minimum absolute atomic E-state index is 0.0266. The zero-order valence-corrected chi connectivity index (χ0v) is 12.3. The lowest BCUT2D eigenvalue weighted by Crippen LogP contribution is -2.08. The fraction of sp³-hybridized carbons (Fsp3) is 0.0833. The molecule has 1 atom stereocenters. The molecule has 2 rings (SSSR count). The van der Waals surface area contributed by atoms with Gasteiger partial charge in [0.2, 0.25) is 0 Å². The Balaban J connectivity index is 2.56. The minimum atomic E-state index is -1.62. The van der Waals surface area contributed by atoms with Crippen molar-refractivity contribution in [2.75, 3.05) is 0 Å². The summed E-state index contributed by atoms with van der Waals surface area (Å²) in [6, 6.07) is 3.58. The predicted octanol–water partition coefficient (Wildman–Crippen LogP) is 4.51. The van der Waals surface area contributed by atoms with Crippen molar-refractivity contribution in [3.05, 3.63) is 61.8 Å². The number of aliphatic hydroxyl groups excluding tert-OH is 1. The van der Waals surface area contributed by atoms with Gasteiger partial charge in [-0.2, -0.15) is 0 Å². The number of nitrogens with zero attached hydrogens (tertiary/aromatic N) is 1. The highest BCUT2D eigenvalue weighted by Gasteiger charge is 2.24. The maximum Gasteiger partial charge on any atom is 0.146 e. The third-order valence-electron chi connectivity index (χ3n) is 2.45. The van der Waals surface area contributed by atoms with Gasteiger partial charge in [-0.1, -0.05) is 23.2 Å². The van der Waals surface area contributed by atoms with E-state index in [1.165, 1.54) is 18.3 Å². The molecule has 0 aliphatic heterocycles. The van der Waals surface area contributed by atoms with E-state index in [0.29, 0.717) is 0 Å². The van der Waals surface area contributed by atoms with Crippen molar-refractivity contribution >= 4 is 39.1 Å². The van der Waals surface area contributed by atoms with Gasteiger partial charge in [0.05, 0.1) is 25.8 Å². The van der Waals surface area contributed by atoms with Crippen LogP contribution < -0.4 is 0 Å². The van der Waals surface area contributed by atoms with Gasteiger partial charge in [0.15, 0.2) is 0 Å². The Kier molecular flexibility index (Phi) is 4.40. The van der Waals surface area contributed by atoms with Crippen LogP contribution in [0.3, 0.4) is 0 Å². The molecule has 2 nitrogen and oxygen atoms in total. The molecular formula is C12H6BrCl2F2NO. The van der Waals surface area contributed by atoms with Crippen molar-refractivity contribution in [2.24, 2.45) is 0 Å². The van der Waals surface area contributed by atoms with E-state index in [2.05, 4.69) is 20.9 Å². The lowest BCUT2D eigenvalue weighted by molar-refractivity contribution is 0.204. The topological polar surface area (TPSA) is 33.1 Å². The maximum absolute atomic E-state index is 13.9. The lowest BCUT2D eigenvalue weighted by atomic mass is 10.0. The Bertz CT molecular complexity index is 639. The molecule has 0 aliphatic carbocycles. The van der Waals surface area contributed by atoms with Gasteiger partial charge in [-0.25, -0.2) is 8.78 Å². The summed E-state index contributed by atoms with van der Waals surface area (Å²) in [6.07, 6.45) is -0.387. The first-order chi connectivity index (χ1) is 8.91. The van der Waals surface area contributed by atoms with Crippen molar-refractivity contribution in [2.45, 2.75) is 6.10 Å². The standard InChI is InChI=1S/C12H6BrCl2F2NO/c13-6-1-2-8(16)9(10(6)17)12(19)11-7(15)3-5(14)4-18-11/h1-4,12,19H. The van der Waals surface area contributed by atoms with Crippen LogP contribution in [0.1, 0.15) is 17.4 Å². The molecular weight excluding hydrogens is 363 g/mol. The van der Waals surface area contributed by atoms with Crippen LogP contribution in [0.4, 0.5) is 8.78 Å². The monoisotopic (exact) mass is 367 g/mol. The number of halogens is 5. The summed E-state index contributed by atoms with van der Waals surface area (Å²) in [5.74, 6) is -1.79. The van der Waals surface area contributed by atoms with Crippen molar-refractivity contribution in [1.82, 2.24) is 4.98 Å². The summed E-state index contributed by atoms with van der Waals surface area (Å²) < 4.78 is 27.6. The van der Waals surface area contributed by atoms with Gasteiger partial charge < -0.3 is 5.11 Å². The molecule has 1 aromatic heterocycles. The van der Waals surface area contributed by atoms with Crippen LogP contribution in [0.2, 0.25) is 10.0 Å². The first kappa shape index (κ1) is 14.7. The normalized spacial score (nSPS) is 12.5. The second kappa shape index (κ2) is 5.71. The summed E-state index contributed by atoms with van der Waals surface area (Å²) >= 11 is 14.5. The third-order valence-corrected chi connectivity index (χ3v) is 3.57. The highest BCUT2D eigenvalue weighted by atomic mass is 79.9. The molecule has 0 amide bonds. The van der Waals surface area contributed by atoms with Gasteiger partial charge in [-0.3, -0.25) is 4.98 Å². The van der Waals surface area contributed by atoms with Gasteiger partial charge in [0.25, 0.3) is 0 Å². The Morgan fingerprint density at radius 2 is 1.95 bits per heavy atom. The summed E-state index contributed by atoms with van der Waals surface area (Å²) in [5, 5.41) is 10.3. The van der Waals surface area contributed by atoms with Gasteiger partial charge in [0, 0.05) is 6.20 Å². The average Bonchev–Trinajstić information content (AvgIpc) is 2.34. The fourth-order valence-corrected chi connectivity index (χ4v) is 2.39. The second-order valence-electron chi connectivity index (χ2n) is 3.68. The van der Waals surface area contributed by atoms with Crippen molar-refractivity contribution in [3.63, 3.8) is 0 Å². The quantitative estimate of drug-likeness (QED) is 0.791. The van der Waals surface area contributed by atoms with Crippen molar-refractivity contribution < 1.29 is 13.9 Å². The van der Waals surface area contributed by atoms with E-state index in [-0.39, 0.29) is 20.2 Å². The van der Waals surface area contributed by atoms with E-state index in [1.807, 2.05) is 0 Å². The van der Waals surface area contributed by atoms with Crippen LogP contribution in [0, 0.1) is 11.6 Å². The first-order valence-corrected chi connectivity index (χ1v) is 6.59. The summed E-state index contributed by atoms with van der Waals surface area (Å²) in [6.45, 7) is 0. The number of hydrogen-bond donors (Lipinski definition) is 1. The highest BCUT2D eigenvalue weighted by Crippen LogP contribution is 2.33. The lowest BCUT2D eigenvalue weighted by Gasteiger charge is -2.14. The first-order valence-electron chi connectivity index (χ1n) is 5.04. The van der Waals surface area contributed by atoms with E-state index in [1.54, 1.807) is 0 Å². The van der Waals surface area contributed by atoms with E-state index >= 15 is 0 Å². The van der Waals surface area contributed by atoms with Crippen LogP contribution in [0.25, 0.3) is 0 Å². The van der Waals surface area contributed by atoms with Crippen LogP contribution in [0.15, 0.2) is 28.9 Å². The molecule has 0 radical (unpaired) electrons. The molecule has 1 aromatic carbocycles. The van der Waals surface area contributed by atoms with E-state index in [4.69, 9.17) is 23.2 Å². The third kappa shape index (κ3) is 2.89. The molecule has 0 bridgehead atoms. The molecule has 2 aromatic rings. The van der Waals surface area contributed by atoms with E-state index < -0.39 is 23.3 Å². The molecule has 0 saturated carbocycles. The number of rotatable bonds is 2. The molecule has 0 saturated heterocycles. The zero-order chi connectivity index (χ0) is 14.2. The molecule has 0 aliphatic rings. The highest BCUT2D eigenvalue weighted by molar-refractivity contribution is 9.10. The average molecular weight is 369 g/mol. The number of aliphatic hydroxyl groups is 1. The summed E-state index contributed by atoms with van der Waals surface area (Å²) in [7, 11) is 0. The largest absolute Gasteiger partial charge is 0.382 e. The number of hydrogen-bond acceptors (Lipinski definition) is 2. The molecule has 19 heavy (non-hydrogen) atoms. The van der Waals surface area contributed by atoms with Gasteiger partial charge in [-0.05, 0) is 34.1 Å². The number of aromatic nitrogens is 1. The molecule has 100 valence electrons. The zero-order valence-electron chi connectivity index (χ0n) is 9.17. The number of benzene rings is 1. The predicted molar refractivity (Wildman–Crippen MR) is 72.4 cm³/mol. The molecule has 0 spiro atoms. The summed E-state index contributed by atoms with van der Waals surface area (Å²) in [5.41, 5.74) is -0.590. The smallest absolute Gasteiger partial charge is 0.146 e.